The molecule has 8 nitrogen and oxygen atoms in total. The zero-order valence-electron chi connectivity index (χ0n) is 17.2. The van der Waals surface area contributed by atoms with E-state index in [-0.39, 0.29) is 29.9 Å². The fourth-order valence-electron chi connectivity index (χ4n) is 4.17. The van der Waals surface area contributed by atoms with E-state index in [9.17, 15) is 18.4 Å². The zero-order chi connectivity index (χ0) is 22.6. The molecule has 10 heteroatoms. The number of halogens is 2. The number of aromatic nitrogens is 3. The number of hydrogen-bond donors (Lipinski definition) is 2. The number of nitrogens with one attached hydrogen (secondary N) is 2. The third kappa shape index (κ3) is 3.02. The Kier molecular flexibility index (Phi) is 4.66. The summed E-state index contributed by atoms with van der Waals surface area (Å²) in [6.07, 6.45) is 0. The van der Waals surface area contributed by atoms with Crippen LogP contribution in [0.2, 0.25) is 0 Å². The second kappa shape index (κ2) is 7.41. The van der Waals surface area contributed by atoms with Crippen molar-refractivity contribution in [3.05, 3.63) is 69.1 Å². The third-order valence-corrected chi connectivity index (χ3v) is 5.80. The van der Waals surface area contributed by atoms with Crippen LogP contribution in [0.3, 0.4) is 0 Å². The van der Waals surface area contributed by atoms with Crippen LogP contribution in [-0.4, -0.2) is 46.8 Å². The summed E-state index contributed by atoms with van der Waals surface area (Å²) in [7, 11) is 3.08. The Hall–Kier alpha value is -3.79. The minimum Gasteiger partial charge on any atom is -0.480 e. The summed E-state index contributed by atoms with van der Waals surface area (Å²) in [5.41, 5.74) is 1.51. The molecule has 4 aromatic rings. The number of nitrogens with zero attached hydrogens (tertiary/aromatic N) is 2. The molecule has 3 heterocycles. The lowest BCUT2D eigenvalue weighted by Gasteiger charge is -2.34. The van der Waals surface area contributed by atoms with Gasteiger partial charge in [0.25, 0.3) is 11.5 Å². The van der Waals surface area contributed by atoms with E-state index in [1.807, 2.05) is 0 Å². The molecule has 0 bridgehead atoms. The Bertz CT molecular complexity index is 1450. The van der Waals surface area contributed by atoms with Crippen molar-refractivity contribution in [2.24, 2.45) is 0 Å². The number of amides is 1. The molecule has 2 aromatic heterocycles. The highest BCUT2D eigenvalue weighted by Crippen LogP contribution is 2.34. The van der Waals surface area contributed by atoms with Gasteiger partial charge in [0.15, 0.2) is 11.6 Å². The van der Waals surface area contributed by atoms with Crippen molar-refractivity contribution in [3.8, 4) is 5.88 Å². The number of carbonyl (C=O) groups excluding carboxylic acids is 1. The molecule has 1 amide bonds. The smallest absolute Gasteiger partial charge is 0.256 e. The van der Waals surface area contributed by atoms with Gasteiger partial charge < -0.3 is 19.4 Å². The molecule has 0 saturated carbocycles. The highest BCUT2D eigenvalue weighted by Gasteiger charge is 2.31. The number of carbonyl (C=O) groups is 1. The van der Waals surface area contributed by atoms with Gasteiger partial charge in [0, 0.05) is 23.9 Å². The predicted molar refractivity (Wildman–Crippen MR) is 112 cm³/mol. The van der Waals surface area contributed by atoms with Gasteiger partial charge in [-0.2, -0.15) is 0 Å². The number of ether oxygens (including phenoxy) is 2. The van der Waals surface area contributed by atoms with Crippen LogP contribution in [0.5, 0.6) is 5.88 Å². The Morgan fingerprint density at radius 2 is 1.94 bits per heavy atom. The molecule has 0 aliphatic carbocycles. The SMILES string of the molecule is COc1n[nH]c2ccc(C(=O)N(C)[C@@H]3COCc4[nH]c(=O)c5cc(F)c(F)cc5c43)cc12. The molecule has 0 saturated heterocycles. The first kappa shape index (κ1) is 20.1. The number of methoxy groups -OCH3 is 1. The van der Waals surface area contributed by atoms with Gasteiger partial charge in [-0.05, 0) is 35.7 Å². The van der Waals surface area contributed by atoms with Crippen LogP contribution in [0.15, 0.2) is 35.1 Å². The summed E-state index contributed by atoms with van der Waals surface area (Å²) < 4.78 is 38.7. The fraction of sp³-hybridized carbons (Fsp3) is 0.227. The predicted octanol–water partition coefficient (Wildman–Crippen LogP) is 3.03. The first-order chi connectivity index (χ1) is 15.4. The minimum absolute atomic E-state index is 0.0138. The van der Waals surface area contributed by atoms with Crippen LogP contribution in [0.25, 0.3) is 21.7 Å². The Balaban J connectivity index is 1.61. The molecule has 164 valence electrons. The van der Waals surface area contributed by atoms with Gasteiger partial charge in [0.05, 0.1) is 42.7 Å². The number of likely N-dealkylation sites (N-methyl/N-ethyl adjacent to an activating group) is 1. The van der Waals surface area contributed by atoms with Crippen LogP contribution >= 0.6 is 0 Å². The van der Waals surface area contributed by atoms with Crippen LogP contribution in [-0.2, 0) is 11.3 Å². The minimum atomic E-state index is -1.11. The molecule has 2 N–H and O–H groups in total. The second-order valence-electron chi connectivity index (χ2n) is 7.60. The van der Waals surface area contributed by atoms with E-state index in [2.05, 4.69) is 15.2 Å². The largest absolute Gasteiger partial charge is 0.480 e. The highest BCUT2D eigenvalue weighted by atomic mass is 19.2. The summed E-state index contributed by atoms with van der Waals surface area (Å²) in [5, 5.41) is 7.79. The van der Waals surface area contributed by atoms with Gasteiger partial charge in [0.1, 0.15) is 0 Å². The number of hydrogen-bond acceptors (Lipinski definition) is 5. The number of pyridine rings is 1. The first-order valence-corrected chi connectivity index (χ1v) is 9.80. The van der Waals surface area contributed by atoms with E-state index in [0.717, 1.165) is 12.1 Å². The summed E-state index contributed by atoms with van der Waals surface area (Å²) in [6, 6.07) is 6.29. The van der Waals surface area contributed by atoms with Gasteiger partial charge in [-0.1, -0.05) is 0 Å². The quantitative estimate of drug-likeness (QED) is 0.510. The van der Waals surface area contributed by atoms with Crippen LogP contribution in [0.4, 0.5) is 8.78 Å². The lowest BCUT2D eigenvalue weighted by Crippen LogP contribution is -2.37. The number of benzene rings is 2. The van der Waals surface area contributed by atoms with E-state index in [4.69, 9.17) is 9.47 Å². The highest BCUT2D eigenvalue weighted by molar-refractivity contribution is 5.99. The molecule has 0 radical (unpaired) electrons. The topological polar surface area (TPSA) is 100 Å². The van der Waals surface area contributed by atoms with Crippen molar-refractivity contribution >= 4 is 27.6 Å². The second-order valence-corrected chi connectivity index (χ2v) is 7.60. The molecule has 1 atom stereocenters. The number of fused-ring (bicyclic) bond motifs is 4. The monoisotopic (exact) mass is 440 g/mol. The van der Waals surface area contributed by atoms with Crippen LogP contribution in [0, 0.1) is 11.6 Å². The fourth-order valence-corrected chi connectivity index (χ4v) is 4.17. The lowest BCUT2D eigenvalue weighted by atomic mass is 9.95. The van der Waals surface area contributed by atoms with Crippen molar-refractivity contribution in [1.29, 1.82) is 0 Å². The zero-order valence-corrected chi connectivity index (χ0v) is 17.2. The van der Waals surface area contributed by atoms with Gasteiger partial charge in [-0.25, -0.2) is 8.78 Å². The Morgan fingerprint density at radius 1 is 1.19 bits per heavy atom. The molecule has 32 heavy (non-hydrogen) atoms. The maximum absolute atomic E-state index is 14.1. The summed E-state index contributed by atoms with van der Waals surface area (Å²) in [5.74, 6) is -2.14. The van der Waals surface area contributed by atoms with E-state index in [0.29, 0.717) is 33.6 Å². The molecule has 5 rings (SSSR count). The molecule has 0 fully saturated rings. The van der Waals surface area contributed by atoms with Gasteiger partial charge >= 0.3 is 0 Å². The van der Waals surface area contributed by atoms with Crippen molar-refractivity contribution < 1.29 is 23.0 Å². The van der Waals surface area contributed by atoms with Gasteiger partial charge in [-0.15, -0.1) is 5.10 Å². The normalized spacial score (nSPS) is 15.7. The van der Waals surface area contributed by atoms with Crippen molar-refractivity contribution in [2.75, 3.05) is 20.8 Å². The number of H-pyrrole nitrogens is 2. The molecular formula is C22H18F2N4O4. The summed E-state index contributed by atoms with van der Waals surface area (Å²) >= 11 is 0. The van der Waals surface area contributed by atoms with Crippen LogP contribution in [0.1, 0.15) is 27.7 Å². The van der Waals surface area contributed by atoms with Gasteiger partial charge in [-0.3, -0.25) is 14.7 Å². The van der Waals surface area contributed by atoms with E-state index < -0.39 is 23.2 Å². The van der Waals surface area contributed by atoms with Crippen molar-refractivity contribution in [1.82, 2.24) is 20.1 Å². The van der Waals surface area contributed by atoms with Gasteiger partial charge in [0.2, 0.25) is 5.88 Å². The number of rotatable bonds is 3. The molecule has 1 aliphatic rings. The molecule has 0 spiro atoms. The van der Waals surface area contributed by atoms with Crippen molar-refractivity contribution in [3.63, 3.8) is 0 Å². The summed E-state index contributed by atoms with van der Waals surface area (Å²) in [6.45, 7) is 0.225. The molecule has 0 unspecified atom stereocenters. The van der Waals surface area contributed by atoms with E-state index in [1.54, 1.807) is 25.2 Å². The van der Waals surface area contributed by atoms with E-state index in [1.165, 1.54) is 12.0 Å². The first-order valence-electron chi connectivity index (χ1n) is 9.80. The average Bonchev–Trinajstić information content (AvgIpc) is 3.21. The maximum Gasteiger partial charge on any atom is 0.256 e. The molecule has 2 aromatic carbocycles. The molecule has 1 aliphatic heterocycles. The number of aromatic amines is 2. The summed E-state index contributed by atoms with van der Waals surface area (Å²) in [4.78, 5) is 29.9. The Labute approximate surface area is 179 Å². The van der Waals surface area contributed by atoms with Crippen molar-refractivity contribution in [2.45, 2.75) is 12.6 Å². The van der Waals surface area contributed by atoms with Crippen LogP contribution < -0.4 is 10.3 Å². The maximum atomic E-state index is 14.1. The third-order valence-electron chi connectivity index (χ3n) is 5.80. The van der Waals surface area contributed by atoms with E-state index >= 15 is 0 Å². The molecular weight excluding hydrogens is 422 g/mol. The lowest BCUT2D eigenvalue weighted by molar-refractivity contribution is 0.0336. The standard InChI is InChI=1S/C22H18F2N4O4/c1-28(22(30)10-3-4-16-13(5-10)21(31-2)27-26-16)18-9-32-8-17-19(18)11-6-14(23)15(24)7-12(11)20(29)25-17/h3-7,18H,8-9H2,1-2H3,(H,25,29)(H,26,27)/t18-/m1/s1. The Morgan fingerprint density at radius 3 is 2.69 bits per heavy atom. The average molecular weight is 440 g/mol.